The predicted octanol–water partition coefficient (Wildman–Crippen LogP) is 2.38. The van der Waals surface area contributed by atoms with E-state index in [4.69, 9.17) is 4.74 Å². The van der Waals surface area contributed by atoms with E-state index in [2.05, 4.69) is 15.6 Å². The average molecular weight is 327 g/mol. The summed E-state index contributed by atoms with van der Waals surface area (Å²) in [5.74, 6) is -0.216. The summed E-state index contributed by atoms with van der Waals surface area (Å²) in [6.07, 6.45) is 1.40. The van der Waals surface area contributed by atoms with Gasteiger partial charge in [0.05, 0.1) is 19.2 Å². The number of anilines is 1. The van der Waals surface area contributed by atoms with Gasteiger partial charge in [-0.25, -0.2) is 4.98 Å². The number of carbonyl (C=O) groups is 2. The summed E-state index contributed by atoms with van der Waals surface area (Å²) in [4.78, 5) is 28.0. The van der Waals surface area contributed by atoms with E-state index in [1.54, 1.807) is 12.1 Å². The van der Waals surface area contributed by atoms with Crippen molar-refractivity contribution in [1.29, 1.82) is 0 Å². The summed E-state index contributed by atoms with van der Waals surface area (Å²) in [6, 6.07) is 7.19. The molecule has 126 valence electrons. The maximum absolute atomic E-state index is 12.1. The van der Waals surface area contributed by atoms with Gasteiger partial charge in [0.15, 0.2) is 0 Å². The lowest BCUT2D eigenvalue weighted by Crippen LogP contribution is -2.33. The molecule has 2 aromatic rings. The lowest BCUT2D eigenvalue weighted by molar-refractivity contribution is -0.115. The number of rotatable bonds is 5. The van der Waals surface area contributed by atoms with Crippen molar-refractivity contribution in [2.45, 2.75) is 20.8 Å². The van der Waals surface area contributed by atoms with Crippen LogP contribution in [0.1, 0.15) is 27.0 Å². The molecule has 0 spiro atoms. The number of hydrogen-bond acceptors (Lipinski definition) is 4. The van der Waals surface area contributed by atoms with Gasteiger partial charge in [-0.3, -0.25) is 9.59 Å². The second-order valence-corrected chi connectivity index (χ2v) is 5.59. The third kappa shape index (κ3) is 4.32. The summed E-state index contributed by atoms with van der Waals surface area (Å²) in [5.41, 5.74) is 4.28. The lowest BCUT2D eigenvalue weighted by Gasteiger charge is -2.13. The van der Waals surface area contributed by atoms with Gasteiger partial charge in [0.1, 0.15) is 0 Å². The first-order chi connectivity index (χ1) is 11.4. The fourth-order valence-electron chi connectivity index (χ4n) is 2.46. The van der Waals surface area contributed by atoms with Crippen LogP contribution in [-0.4, -0.2) is 30.5 Å². The normalized spacial score (nSPS) is 10.2. The van der Waals surface area contributed by atoms with Gasteiger partial charge in [-0.2, -0.15) is 0 Å². The molecule has 0 aliphatic rings. The Labute approximate surface area is 141 Å². The van der Waals surface area contributed by atoms with E-state index in [1.807, 2.05) is 32.9 Å². The van der Waals surface area contributed by atoms with Crippen LogP contribution in [0.15, 0.2) is 30.5 Å². The summed E-state index contributed by atoms with van der Waals surface area (Å²) >= 11 is 0. The van der Waals surface area contributed by atoms with Gasteiger partial charge in [-0.05, 0) is 38.0 Å². The highest BCUT2D eigenvalue weighted by molar-refractivity contribution is 5.99. The Bertz CT molecular complexity index is 732. The highest BCUT2D eigenvalue weighted by Crippen LogP contribution is 2.21. The number of amides is 2. The number of nitrogens with one attached hydrogen (secondary N) is 2. The summed E-state index contributed by atoms with van der Waals surface area (Å²) < 4.78 is 4.94. The largest absolute Gasteiger partial charge is 0.481 e. The van der Waals surface area contributed by atoms with Crippen LogP contribution in [0.4, 0.5) is 5.69 Å². The van der Waals surface area contributed by atoms with Crippen molar-refractivity contribution < 1.29 is 14.3 Å². The number of methoxy groups -OCH3 is 1. The summed E-state index contributed by atoms with van der Waals surface area (Å²) in [5, 5.41) is 5.42. The van der Waals surface area contributed by atoms with Gasteiger partial charge < -0.3 is 15.4 Å². The highest BCUT2D eigenvalue weighted by atomic mass is 16.5. The molecule has 1 aromatic heterocycles. The molecular formula is C18H21N3O3. The molecule has 0 unspecified atom stereocenters. The van der Waals surface area contributed by atoms with Crippen LogP contribution in [0.5, 0.6) is 5.88 Å². The Balaban J connectivity index is 1.94. The lowest BCUT2D eigenvalue weighted by atomic mass is 10.1. The van der Waals surface area contributed by atoms with Crippen molar-refractivity contribution in [3.8, 4) is 5.88 Å². The molecule has 0 saturated carbocycles. The van der Waals surface area contributed by atoms with E-state index in [9.17, 15) is 9.59 Å². The minimum absolute atomic E-state index is 0.113. The Kier molecular flexibility index (Phi) is 5.52. The molecule has 0 saturated heterocycles. The standard InChI is InChI=1S/C18H21N3O3/c1-11-7-12(2)17(13(3)8-11)21-15(22)10-20-18(23)14-5-6-16(24-4)19-9-14/h5-9H,10H2,1-4H3,(H,20,23)(H,21,22). The number of hydrogen-bond donors (Lipinski definition) is 2. The number of nitrogens with zero attached hydrogens (tertiary/aromatic N) is 1. The Morgan fingerprint density at radius 3 is 2.33 bits per heavy atom. The van der Waals surface area contributed by atoms with Crippen LogP contribution in [0.25, 0.3) is 0 Å². The first-order valence-electron chi connectivity index (χ1n) is 7.56. The van der Waals surface area contributed by atoms with Crippen molar-refractivity contribution >= 4 is 17.5 Å². The zero-order valence-corrected chi connectivity index (χ0v) is 14.3. The highest BCUT2D eigenvalue weighted by Gasteiger charge is 2.11. The quantitative estimate of drug-likeness (QED) is 0.883. The topological polar surface area (TPSA) is 80.3 Å². The zero-order chi connectivity index (χ0) is 17.7. The molecule has 0 aliphatic heterocycles. The first-order valence-corrected chi connectivity index (χ1v) is 7.56. The minimum atomic E-state index is -0.363. The van der Waals surface area contributed by atoms with Gasteiger partial charge in [-0.15, -0.1) is 0 Å². The second kappa shape index (κ2) is 7.59. The molecule has 0 radical (unpaired) electrons. The van der Waals surface area contributed by atoms with Crippen LogP contribution in [0.3, 0.4) is 0 Å². The molecule has 6 heteroatoms. The van der Waals surface area contributed by atoms with Crippen LogP contribution >= 0.6 is 0 Å². The maximum Gasteiger partial charge on any atom is 0.253 e. The molecule has 6 nitrogen and oxygen atoms in total. The Morgan fingerprint density at radius 2 is 1.79 bits per heavy atom. The number of aryl methyl sites for hydroxylation is 3. The van der Waals surface area contributed by atoms with Crippen LogP contribution in [-0.2, 0) is 4.79 Å². The van der Waals surface area contributed by atoms with Crippen molar-refractivity contribution in [2.75, 3.05) is 19.0 Å². The van der Waals surface area contributed by atoms with E-state index in [0.29, 0.717) is 11.4 Å². The van der Waals surface area contributed by atoms with Crippen molar-refractivity contribution in [3.63, 3.8) is 0 Å². The number of ether oxygens (including phenoxy) is 1. The number of pyridine rings is 1. The molecule has 0 fully saturated rings. The molecule has 1 heterocycles. The maximum atomic E-state index is 12.1. The van der Waals surface area contributed by atoms with E-state index in [-0.39, 0.29) is 18.4 Å². The van der Waals surface area contributed by atoms with Gasteiger partial charge >= 0.3 is 0 Å². The van der Waals surface area contributed by atoms with E-state index in [1.165, 1.54) is 13.3 Å². The SMILES string of the molecule is COc1ccc(C(=O)NCC(=O)Nc2c(C)cc(C)cc2C)cn1. The average Bonchev–Trinajstić information content (AvgIpc) is 2.56. The van der Waals surface area contributed by atoms with Gasteiger partial charge in [0.2, 0.25) is 11.8 Å². The molecule has 0 atom stereocenters. The summed E-state index contributed by atoms with van der Waals surface area (Å²) in [7, 11) is 1.50. The molecule has 2 N–H and O–H groups in total. The molecule has 2 amide bonds. The Morgan fingerprint density at radius 1 is 1.12 bits per heavy atom. The van der Waals surface area contributed by atoms with Gasteiger partial charge in [-0.1, -0.05) is 17.7 Å². The molecule has 0 aliphatic carbocycles. The number of aromatic nitrogens is 1. The van der Waals surface area contributed by atoms with Crippen LogP contribution < -0.4 is 15.4 Å². The molecule has 0 bridgehead atoms. The molecular weight excluding hydrogens is 306 g/mol. The first kappa shape index (κ1) is 17.5. The fraction of sp³-hybridized carbons (Fsp3) is 0.278. The van der Waals surface area contributed by atoms with Crippen molar-refractivity contribution in [1.82, 2.24) is 10.3 Å². The van der Waals surface area contributed by atoms with Crippen LogP contribution in [0, 0.1) is 20.8 Å². The third-order valence-corrected chi connectivity index (χ3v) is 3.56. The summed E-state index contributed by atoms with van der Waals surface area (Å²) in [6.45, 7) is 5.78. The number of benzene rings is 1. The van der Waals surface area contributed by atoms with Crippen molar-refractivity contribution in [2.24, 2.45) is 0 Å². The van der Waals surface area contributed by atoms with E-state index < -0.39 is 0 Å². The Hall–Kier alpha value is -2.89. The predicted molar refractivity (Wildman–Crippen MR) is 92.4 cm³/mol. The zero-order valence-electron chi connectivity index (χ0n) is 14.3. The van der Waals surface area contributed by atoms with Crippen molar-refractivity contribution in [3.05, 3.63) is 52.7 Å². The number of carbonyl (C=O) groups excluding carboxylic acids is 2. The monoisotopic (exact) mass is 327 g/mol. The molecule has 24 heavy (non-hydrogen) atoms. The van der Waals surface area contributed by atoms with Gasteiger partial charge in [0, 0.05) is 18.0 Å². The molecule has 1 aromatic carbocycles. The molecule has 2 rings (SSSR count). The van der Waals surface area contributed by atoms with E-state index >= 15 is 0 Å². The van der Waals surface area contributed by atoms with Crippen LogP contribution in [0.2, 0.25) is 0 Å². The minimum Gasteiger partial charge on any atom is -0.481 e. The van der Waals surface area contributed by atoms with E-state index in [0.717, 1.165) is 22.4 Å². The van der Waals surface area contributed by atoms with Gasteiger partial charge in [0.25, 0.3) is 5.91 Å². The smallest absolute Gasteiger partial charge is 0.253 e. The second-order valence-electron chi connectivity index (χ2n) is 5.59. The fourth-order valence-corrected chi connectivity index (χ4v) is 2.46. The third-order valence-electron chi connectivity index (χ3n) is 3.56.